The predicted octanol–water partition coefficient (Wildman–Crippen LogP) is 4.35. The van der Waals surface area contributed by atoms with Crippen LogP contribution in [0.2, 0.25) is 0 Å². The van der Waals surface area contributed by atoms with Crippen molar-refractivity contribution in [3.8, 4) is 11.1 Å². The fourth-order valence-corrected chi connectivity index (χ4v) is 5.95. The van der Waals surface area contributed by atoms with Crippen LogP contribution in [0.25, 0.3) is 11.1 Å². The third kappa shape index (κ3) is 4.60. The molecular weight excluding hydrogens is 483 g/mol. The van der Waals surface area contributed by atoms with E-state index in [-0.39, 0.29) is 41.4 Å². The Kier molecular flexibility index (Phi) is 6.27. The fraction of sp³-hybridized carbons (Fsp3) is 0.310. The number of rotatable bonds is 7. The number of hydrogen-bond donors (Lipinski definition) is 3. The lowest BCUT2D eigenvalue weighted by Gasteiger charge is -2.28. The summed E-state index contributed by atoms with van der Waals surface area (Å²) < 4.78 is 14.1. The van der Waals surface area contributed by atoms with Gasteiger partial charge in [0.25, 0.3) is 5.91 Å². The molecule has 2 aromatic carbocycles. The molecule has 2 amide bonds. The van der Waals surface area contributed by atoms with E-state index in [1.165, 1.54) is 12.1 Å². The van der Waals surface area contributed by atoms with Gasteiger partial charge < -0.3 is 21.3 Å². The molecule has 8 nitrogen and oxygen atoms in total. The zero-order valence-electron chi connectivity index (χ0n) is 20.8. The summed E-state index contributed by atoms with van der Waals surface area (Å²) in [5, 5.41) is 6.66. The van der Waals surface area contributed by atoms with E-state index in [0.717, 1.165) is 32.4 Å². The summed E-state index contributed by atoms with van der Waals surface area (Å²) in [6.07, 6.45) is 8.73. The van der Waals surface area contributed by atoms with E-state index in [1.807, 2.05) is 17.0 Å². The van der Waals surface area contributed by atoms with Crippen molar-refractivity contribution in [1.82, 2.24) is 14.9 Å². The number of halogens is 1. The van der Waals surface area contributed by atoms with E-state index >= 15 is 0 Å². The first-order valence-electron chi connectivity index (χ1n) is 13.0. The van der Waals surface area contributed by atoms with Crippen LogP contribution in [0.15, 0.2) is 66.9 Å². The normalized spacial score (nSPS) is 23.6. The first kappa shape index (κ1) is 24.1. The van der Waals surface area contributed by atoms with E-state index in [2.05, 4.69) is 27.8 Å². The van der Waals surface area contributed by atoms with Gasteiger partial charge in [-0.2, -0.15) is 4.98 Å². The monoisotopic (exact) mass is 512 g/mol. The lowest BCUT2D eigenvalue weighted by Crippen LogP contribution is -2.41. The molecule has 2 aliphatic carbocycles. The Labute approximate surface area is 220 Å². The smallest absolute Gasteiger partial charge is 0.253 e. The van der Waals surface area contributed by atoms with Crippen molar-refractivity contribution in [2.24, 2.45) is 23.5 Å². The lowest BCUT2D eigenvalue weighted by molar-refractivity contribution is -0.122. The van der Waals surface area contributed by atoms with Crippen LogP contribution in [-0.2, 0) is 4.79 Å². The highest BCUT2D eigenvalue weighted by atomic mass is 19.1. The first-order chi connectivity index (χ1) is 18.5. The zero-order chi connectivity index (χ0) is 26.2. The summed E-state index contributed by atoms with van der Waals surface area (Å²) in [6.45, 7) is 1.56. The molecule has 194 valence electrons. The van der Waals surface area contributed by atoms with Crippen molar-refractivity contribution >= 4 is 29.3 Å². The molecular formula is C29H29FN6O2. The SMILES string of the molecule is NC(=O)C1C2C=CC(C2)C1Nc1nc(Nc2cccc(C(=O)N3CCCC3)c2)ncc1-c1cccc(F)c1. The van der Waals surface area contributed by atoms with Crippen molar-refractivity contribution in [2.45, 2.75) is 25.3 Å². The van der Waals surface area contributed by atoms with Crippen LogP contribution in [0.1, 0.15) is 29.6 Å². The van der Waals surface area contributed by atoms with Gasteiger partial charge in [-0.05, 0) is 67.0 Å². The third-order valence-corrected chi connectivity index (χ3v) is 7.77. The molecule has 1 saturated heterocycles. The number of anilines is 3. The number of allylic oxidation sites excluding steroid dienone is 1. The summed E-state index contributed by atoms with van der Waals surface area (Å²) in [6, 6.07) is 13.3. The molecule has 4 atom stereocenters. The van der Waals surface area contributed by atoms with Gasteiger partial charge >= 0.3 is 0 Å². The highest BCUT2D eigenvalue weighted by Crippen LogP contribution is 2.45. The largest absolute Gasteiger partial charge is 0.369 e. The second-order valence-corrected chi connectivity index (χ2v) is 10.2. The average Bonchev–Trinajstić information content (AvgIpc) is 3.67. The maximum Gasteiger partial charge on any atom is 0.253 e. The molecule has 4 N–H and O–H groups in total. The van der Waals surface area contributed by atoms with E-state index in [4.69, 9.17) is 10.7 Å². The maximum atomic E-state index is 14.1. The number of fused-ring (bicyclic) bond motifs is 2. The summed E-state index contributed by atoms with van der Waals surface area (Å²) in [7, 11) is 0. The standard InChI is InChI=1S/C29H29FN6O2/c30-21-7-3-5-17(14-21)23-16-32-29(33-22-8-4-6-20(15-22)28(38)36-11-1-2-12-36)35-27(23)34-25-19-10-9-18(13-19)24(25)26(31)37/h3-10,14-16,18-19,24-25H,1-2,11-13H2,(H2,31,37)(H2,32,33,34,35). The Balaban J connectivity index is 1.32. The van der Waals surface area contributed by atoms with Crippen LogP contribution in [0, 0.1) is 23.6 Å². The topological polar surface area (TPSA) is 113 Å². The average molecular weight is 513 g/mol. The minimum atomic E-state index is -0.368. The number of likely N-dealkylation sites (tertiary alicyclic amines) is 1. The fourth-order valence-electron chi connectivity index (χ4n) is 5.95. The molecule has 2 heterocycles. The minimum absolute atomic E-state index is 0.0118. The maximum absolute atomic E-state index is 14.1. The van der Waals surface area contributed by atoms with Gasteiger partial charge in [-0.25, -0.2) is 9.37 Å². The van der Waals surface area contributed by atoms with Crippen LogP contribution in [0.4, 0.5) is 21.8 Å². The molecule has 1 saturated carbocycles. The summed E-state index contributed by atoms with van der Waals surface area (Å²) in [4.78, 5) is 36.3. The van der Waals surface area contributed by atoms with Gasteiger partial charge in [0.2, 0.25) is 11.9 Å². The van der Waals surface area contributed by atoms with Gasteiger partial charge in [-0.1, -0.05) is 30.4 Å². The van der Waals surface area contributed by atoms with Crippen LogP contribution in [0.5, 0.6) is 0 Å². The Morgan fingerprint density at radius 3 is 2.61 bits per heavy atom. The molecule has 6 rings (SSSR count). The quantitative estimate of drug-likeness (QED) is 0.406. The Morgan fingerprint density at radius 2 is 1.82 bits per heavy atom. The Bertz CT molecular complexity index is 1420. The second-order valence-electron chi connectivity index (χ2n) is 10.2. The number of carbonyl (C=O) groups excluding carboxylic acids is 2. The number of amides is 2. The molecule has 0 spiro atoms. The second kappa shape index (κ2) is 9.89. The molecule has 1 aromatic heterocycles. The Hall–Kier alpha value is -4.27. The predicted molar refractivity (Wildman–Crippen MR) is 143 cm³/mol. The van der Waals surface area contributed by atoms with Crippen molar-refractivity contribution in [3.63, 3.8) is 0 Å². The molecule has 3 aliphatic rings. The van der Waals surface area contributed by atoms with Crippen molar-refractivity contribution in [1.29, 1.82) is 0 Å². The van der Waals surface area contributed by atoms with Gasteiger partial charge in [0.1, 0.15) is 11.6 Å². The van der Waals surface area contributed by atoms with Gasteiger partial charge in [0.15, 0.2) is 0 Å². The molecule has 9 heteroatoms. The van der Waals surface area contributed by atoms with Crippen molar-refractivity contribution in [2.75, 3.05) is 23.7 Å². The van der Waals surface area contributed by atoms with Gasteiger partial charge in [0, 0.05) is 42.1 Å². The number of primary amides is 1. The number of benzene rings is 2. The summed E-state index contributed by atoms with van der Waals surface area (Å²) >= 11 is 0. The van der Waals surface area contributed by atoms with E-state index in [0.29, 0.717) is 34.1 Å². The molecule has 3 aromatic rings. The highest BCUT2D eigenvalue weighted by Gasteiger charge is 2.47. The molecule has 38 heavy (non-hydrogen) atoms. The first-order valence-corrected chi connectivity index (χ1v) is 13.0. The van der Waals surface area contributed by atoms with E-state index < -0.39 is 0 Å². The number of hydrogen-bond acceptors (Lipinski definition) is 6. The summed E-state index contributed by atoms with van der Waals surface area (Å²) in [5.74, 6) is -0.0166. The molecule has 4 unspecified atom stereocenters. The lowest BCUT2D eigenvalue weighted by atomic mass is 9.88. The van der Waals surface area contributed by atoms with Crippen LogP contribution in [0.3, 0.4) is 0 Å². The molecule has 1 aliphatic heterocycles. The molecule has 2 bridgehead atoms. The van der Waals surface area contributed by atoms with Crippen LogP contribution < -0.4 is 16.4 Å². The van der Waals surface area contributed by atoms with Crippen LogP contribution in [-0.4, -0.2) is 45.8 Å². The summed E-state index contributed by atoms with van der Waals surface area (Å²) in [5.41, 5.74) is 8.29. The Morgan fingerprint density at radius 1 is 1.03 bits per heavy atom. The molecule has 0 radical (unpaired) electrons. The molecule has 2 fully saturated rings. The number of nitrogens with one attached hydrogen (secondary N) is 2. The van der Waals surface area contributed by atoms with Crippen LogP contribution >= 0.6 is 0 Å². The highest BCUT2D eigenvalue weighted by molar-refractivity contribution is 5.95. The zero-order valence-corrected chi connectivity index (χ0v) is 20.8. The third-order valence-electron chi connectivity index (χ3n) is 7.77. The number of carbonyl (C=O) groups is 2. The van der Waals surface area contributed by atoms with Gasteiger partial charge in [-0.15, -0.1) is 0 Å². The minimum Gasteiger partial charge on any atom is -0.369 e. The van der Waals surface area contributed by atoms with E-state index in [1.54, 1.807) is 30.5 Å². The van der Waals surface area contributed by atoms with Gasteiger partial charge in [0.05, 0.1) is 5.92 Å². The van der Waals surface area contributed by atoms with Crippen molar-refractivity contribution in [3.05, 3.63) is 78.3 Å². The van der Waals surface area contributed by atoms with Crippen molar-refractivity contribution < 1.29 is 14.0 Å². The van der Waals surface area contributed by atoms with E-state index in [9.17, 15) is 14.0 Å². The number of nitrogens with two attached hydrogens (primary N) is 1. The number of aromatic nitrogens is 2. The van der Waals surface area contributed by atoms with Gasteiger partial charge in [-0.3, -0.25) is 9.59 Å². The number of nitrogens with zero attached hydrogens (tertiary/aromatic N) is 3.